The van der Waals surface area contributed by atoms with Gasteiger partial charge in [-0.05, 0) is 37.2 Å². The van der Waals surface area contributed by atoms with E-state index in [2.05, 4.69) is 31.8 Å². The first-order valence-electron chi connectivity index (χ1n) is 14.7. The van der Waals surface area contributed by atoms with Crippen LogP contribution in [0, 0.1) is 11.3 Å². The van der Waals surface area contributed by atoms with Gasteiger partial charge in [-0.15, -0.1) is 11.8 Å². The van der Waals surface area contributed by atoms with Gasteiger partial charge in [0, 0.05) is 73.5 Å². The van der Waals surface area contributed by atoms with Crippen molar-refractivity contribution >= 4 is 35.5 Å². The lowest BCUT2D eigenvalue weighted by Crippen LogP contribution is -2.49. The van der Waals surface area contributed by atoms with Crippen LogP contribution in [0.4, 0.5) is 14.5 Å². The molecule has 3 aliphatic rings. The number of carbonyl (C=O) groups is 2. The number of hydrogen-bond acceptors (Lipinski definition) is 10. The van der Waals surface area contributed by atoms with Crippen LogP contribution in [-0.4, -0.2) is 93.7 Å². The highest BCUT2D eigenvalue weighted by Gasteiger charge is 2.29. The van der Waals surface area contributed by atoms with Gasteiger partial charge in [0.15, 0.2) is 5.82 Å². The van der Waals surface area contributed by atoms with E-state index in [0.29, 0.717) is 44.0 Å². The fourth-order valence-corrected chi connectivity index (χ4v) is 6.09. The number of hydrogen-bond donors (Lipinski definition) is 2. The van der Waals surface area contributed by atoms with Gasteiger partial charge in [0.25, 0.3) is 5.91 Å². The van der Waals surface area contributed by atoms with Gasteiger partial charge in [-0.1, -0.05) is 13.8 Å². The van der Waals surface area contributed by atoms with E-state index in [9.17, 15) is 18.4 Å². The van der Waals surface area contributed by atoms with Crippen molar-refractivity contribution in [2.24, 2.45) is 4.99 Å². The van der Waals surface area contributed by atoms with E-state index in [-0.39, 0.29) is 46.9 Å². The number of halogens is 2. The molecule has 2 aromatic rings. The molecule has 12 nitrogen and oxygen atoms in total. The minimum absolute atomic E-state index is 0.101. The van der Waals surface area contributed by atoms with Crippen LogP contribution in [0.1, 0.15) is 26.7 Å². The molecule has 0 radical (unpaired) electrons. The minimum Gasteiger partial charge on any atom is -0.434 e. The Bertz CT molecular complexity index is 1540. The smallest absolute Gasteiger partial charge is 0.387 e. The van der Waals surface area contributed by atoms with Crippen LogP contribution in [0.15, 0.2) is 58.0 Å². The fraction of sp³-hybridized carbons (Fsp3) is 0.433. The molecule has 0 bridgehead atoms. The van der Waals surface area contributed by atoms with Crippen molar-refractivity contribution in [2.45, 2.75) is 50.0 Å². The average molecular weight is 640 g/mol. The number of carbonyl (C=O) groups excluding carboxylic acids is 2. The van der Waals surface area contributed by atoms with E-state index in [1.54, 1.807) is 52.3 Å². The largest absolute Gasteiger partial charge is 0.434 e. The number of alkyl halides is 2. The molecule has 5 rings (SSSR count). The molecular formula is C30H35F2N9O3S. The number of allylic oxidation sites excluding steroid dienone is 1. The zero-order valence-corrected chi connectivity index (χ0v) is 25.9. The first-order chi connectivity index (χ1) is 21.7. The molecule has 0 spiro atoms. The number of ether oxygens (including phenoxy) is 1. The predicted molar refractivity (Wildman–Crippen MR) is 166 cm³/mol. The number of benzene rings is 1. The summed E-state index contributed by atoms with van der Waals surface area (Å²) in [6, 6.07) is 7.02. The van der Waals surface area contributed by atoms with Crippen molar-refractivity contribution in [1.82, 2.24) is 30.0 Å². The van der Waals surface area contributed by atoms with Gasteiger partial charge in [0.1, 0.15) is 18.0 Å². The SMILES string of the molecule is CC(C)Sc1ccc(OC(F)F)c(-c2nn(CC(=O)N3CCN(CCCC#N)CC3)cc2NC(=O)C2=C3N=CC=CN3NC2)c1. The van der Waals surface area contributed by atoms with Crippen molar-refractivity contribution in [2.75, 3.05) is 44.6 Å². The molecule has 1 aromatic carbocycles. The molecule has 15 heteroatoms. The monoisotopic (exact) mass is 639 g/mol. The van der Waals surface area contributed by atoms with Gasteiger partial charge < -0.3 is 15.0 Å². The molecule has 3 aliphatic heterocycles. The summed E-state index contributed by atoms with van der Waals surface area (Å²) in [5, 5.41) is 18.2. The number of nitriles is 1. The molecule has 0 atom stereocenters. The van der Waals surface area contributed by atoms with Crippen molar-refractivity contribution in [3.05, 3.63) is 48.1 Å². The van der Waals surface area contributed by atoms with Gasteiger partial charge in [0.05, 0.1) is 17.3 Å². The highest BCUT2D eigenvalue weighted by molar-refractivity contribution is 7.99. The summed E-state index contributed by atoms with van der Waals surface area (Å²) in [5.74, 6) is -0.259. The zero-order chi connectivity index (χ0) is 31.9. The third-order valence-electron chi connectivity index (χ3n) is 7.31. The summed E-state index contributed by atoms with van der Waals surface area (Å²) in [6.45, 7) is 4.38. The number of aromatic nitrogens is 2. The Morgan fingerprint density at radius 3 is 2.76 bits per heavy atom. The Labute approximate surface area is 264 Å². The Morgan fingerprint density at radius 2 is 2.02 bits per heavy atom. The summed E-state index contributed by atoms with van der Waals surface area (Å²) in [6.07, 6.45) is 7.89. The Balaban J connectivity index is 1.42. The molecule has 0 aliphatic carbocycles. The number of anilines is 1. The lowest BCUT2D eigenvalue weighted by molar-refractivity contribution is -0.133. The molecule has 1 aromatic heterocycles. The van der Waals surface area contributed by atoms with Crippen LogP contribution < -0.4 is 15.5 Å². The number of nitrogens with zero attached hydrogens (tertiary/aromatic N) is 7. The topological polar surface area (TPSA) is 131 Å². The van der Waals surface area contributed by atoms with Crippen molar-refractivity contribution in [1.29, 1.82) is 5.26 Å². The number of piperazine rings is 1. The van der Waals surface area contributed by atoms with Gasteiger partial charge in [-0.2, -0.15) is 19.1 Å². The van der Waals surface area contributed by atoms with E-state index >= 15 is 0 Å². The molecule has 1 saturated heterocycles. The van der Waals surface area contributed by atoms with Crippen LogP contribution in [0.5, 0.6) is 5.75 Å². The lowest BCUT2D eigenvalue weighted by atomic mass is 10.1. The van der Waals surface area contributed by atoms with Gasteiger partial charge >= 0.3 is 6.61 Å². The molecule has 0 unspecified atom stereocenters. The maximum atomic E-state index is 13.5. The van der Waals surface area contributed by atoms with Crippen LogP contribution in [-0.2, 0) is 16.1 Å². The molecule has 45 heavy (non-hydrogen) atoms. The fourth-order valence-electron chi connectivity index (χ4n) is 5.22. The molecule has 2 N–H and O–H groups in total. The summed E-state index contributed by atoms with van der Waals surface area (Å²) in [4.78, 5) is 35.9. The normalized spacial score (nSPS) is 16.5. The second-order valence-electron chi connectivity index (χ2n) is 10.9. The van der Waals surface area contributed by atoms with E-state index in [4.69, 9.17) is 10.00 Å². The van der Waals surface area contributed by atoms with Crippen LogP contribution in [0.3, 0.4) is 0 Å². The second-order valence-corrected chi connectivity index (χ2v) is 12.5. The number of nitrogens with one attached hydrogen (secondary N) is 2. The Kier molecular flexibility index (Phi) is 10.5. The third-order valence-corrected chi connectivity index (χ3v) is 8.30. The average Bonchev–Trinajstić information content (AvgIpc) is 3.62. The van der Waals surface area contributed by atoms with Gasteiger partial charge in [-0.25, -0.2) is 10.4 Å². The first kappa shape index (κ1) is 32.1. The summed E-state index contributed by atoms with van der Waals surface area (Å²) in [7, 11) is 0. The van der Waals surface area contributed by atoms with E-state index in [1.165, 1.54) is 16.9 Å². The quantitative estimate of drug-likeness (QED) is 0.264. The summed E-state index contributed by atoms with van der Waals surface area (Å²) < 4.78 is 33.2. The third kappa shape index (κ3) is 8.07. The van der Waals surface area contributed by atoms with E-state index in [1.807, 2.05) is 13.8 Å². The number of hydrazine groups is 1. The number of rotatable bonds is 12. The van der Waals surface area contributed by atoms with Crippen LogP contribution >= 0.6 is 11.8 Å². The predicted octanol–water partition coefficient (Wildman–Crippen LogP) is 3.67. The maximum absolute atomic E-state index is 13.5. The number of fused-ring (bicyclic) bond motifs is 1. The van der Waals surface area contributed by atoms with Crippen LogP contribution in [0.2, 0.25) is 0 Å². The Morgan fingerprint density at radius 1 is 1.22 bits per heavy atom. The first-order valence-corrected chi connectivity index (χ1v) is 15.6. The zero-order valence-electron chi connectivity index (χ0n) is 25.1. The molecular weight excluding hydrogens is 604 g/mol. The van der Waals surface area contributed by atoms with E-state index < -0.39 is 12.5 Å². The molecule has 1 fully saturated rings. The van der Waals surface area contributed by atoms with Crippen molar-refractivity contribution < 1.29 is 23.1 Å². The number of amides is 2. The molecule has 4 heterocycles. The Hall–Kier alpha value is -4.26. The highest BCUT2D eigenvalue weighted by atomic mass is 32.2. The minimum atomic E-state index is -3.08. The van der Waals surface area contributed by atoms with Gasteiger partial charge in [-0.3, -0.25) is 24.2 Å². The number of thioether (sulfide) groups is 1. The number of unbranched alkanes of at least 4 members (excludes halogenated alkanes) is 1. The molecule has 238 valence electrons. The molecule has 0 saturated carbocycles. The highest BCUT2D eigenvalue weighted by Crippen LogP contribution is 2.39. The summed E-state index contributed by atoms with van der Waals surface area (Å²) >= 11 is 1.54. The van der Waals surface area contributed by atoms with Crippen molar-refractivity contribution in [3.63, 3.8) is 0 Å². The summed E-state index contributed by atoms with van der Waals surface area (Å²) in [5.41, 5.74) is 4.14. The van der Waals surface area contributed by atoms with Crippen molar-refractivity contribution in [3.8, 4) is 23.1 Å². The van der Waals surface area contributed by atoms with Crippen LogP contribution in [0.25, 0.3) is 11.3 Å². The van der Waals surface area contributed by atoms with E-state index in [0.717, 1.165) is 17.9 Å². The standard InChI is InChI=1S/C30H35F2N9O3S/c1-20(2)45-21-6-7-25(44-30(31)32)22(16-21)27-24(36-29(43)23-17-35-41-11-5-9-34-28(23)41)18-40(37-27)19-26(42)39-14-12-38(13-15-39)10-4-3-8-33/h5-7,9,11,16,18,20,30,35H,3-4,10,12-15,17,19H2,1-2H3,(H,36,43). The second kappa shape index (κ2) is 14.7. The number of aliphatic imine (C=N–C) groups is 1. The van der Waals surface area contributed by atoms with Gasteiger partial charge in [0.2, 0.25) is 5.91 Å². The molecule has 2 amide bonds. The maximum Gasteiger partial charge on any atom is 0.387 e. The lowest BCUT2D eigenvalue weighted by Gasteiger charge is -2.34.